The van der Waals surface area contributed by atoms with Crippen molar-refractivity contribution in [2.24, 2.45) is 0 Å². The predicted molar refractivity (Wildman–Crippen MR) is 71.4 cm³/mol. The van der Waals surface area contributed by atoms with Gasteiger partial charge in [0.25, 0.3) is 0 Å². The van der Waals surface area contributed by atoms with E-state index in [9.17, 15) is 0 Å². The minimum Gasteiger partial charge on any atom is -0.419 e. The lowest BCUT2D eigenvalue weighted by Gasteiger charge is -1.98. The molecule has 0 saturated heterocycles. The van der Waals surface area contributed by atoms with Crippen LogP contribution in [0.25, 0.3) is 11.5 Å². The molecule has 1 aliphatic rings. The predicted octanol–water partition coefficient (Wildman–Crippen LogP) is 2.71. The molecule has 1 fully saturated rings. The summed E-state index contributed by atoms with van der Waals surface area (Å²) in [6, 6.07) is 8.80. The van der Waals surface area contributed by atoms with Crippen LogP contribution in [0.2, 0.25) is 0 Å². The van der Waals surface area contributed by atoms with Crippen LogP contribution in [0.4, 0.5) is 0 Å². The molecule has 0 atom stereocenters. The van der Waals surface area contributed by atoms with Gasteiger partial charge in [-0.1, -0.05) is 0 Å². The number of nitrogens with one attached hydrogen (secondary N) is 1. The third-order valence-electron chi connectivity index (χ3n) is 2.92. The molecule has 0 unspecified atom stereocenters. The van der Waals surface area contributed by atoms with Crippen molar-refractivity contribution in [3.8, 4) is 11.5 Å². The van der Waals surface area contributed by atoms with Crippen LogP contribution in [0, 0.1) is 0 Å². The molecule has 3 rings (SSSR count). The molecule has 1 heterocycles. The Kier molecular flexibility index (Phi) is 3.34. The van der Waals surface area contributed by atoms with Crippen LogP contribution in [0.5, 0.6) is 0 Å². The van der Waals surface area contributed by atoms with Crippen molar-refractivity contribution in [2.75, 3.05) is 6.26 Å². The summed E-state index contributed by atoms with van der Waals surface area (Å²) in [5.41, 5.74) is 0.970. The highest BCUT2D eigenvalue weighted by Gasteiger charge is 2.21. The molecule has 1 N–H and O–H groups in total. The second kappa shape index (κ2) is 5.12. The fourth-order valence-corrected chi connectivity index (χ4v) is 2.10. The molecular formula is C13H15N3OS. The quantitative estimate of drug-likeness (QED) is 0.839. The number of hydrogen-bond donors (Lipinski definition) is 1. The van der Waals surface area contributed by atoms with Gasteiger partial charge in [-0.25, -0.2) is 0 Å². The van der Waals surface area contributed by atoms with Crippen molar-refractivity contribution >= 4 is 11.8 Å². The zero-order chi connectivity index (χ0) is 12.4. The third-order valence-corrected chi connectivity index (χ3v) is 3.67. The van der Waals surface area contributed by atoms with Gasteiger partial charge in [0.05, 0.1) is 6.54 Å². The van der Waals surface area contributed by atoms with Gasteiger partial charge in [-0.15, -0.1) is 22.0 Å². The molecular weight excluding hydrogens is 246 g/mol. The number of rotatable bonds is 5. The van der Waals surface area contributed by atoms with Crippen LogP contribution in [-0.2, 0) is 6.54 Å². The maximum absolute atomic E-state index is 5.63. The third kappa shape index (κ3) is 2.73. The van der Waals surface area contributed by atoms with Crippen LogP contribution >= 0.6 is 11.8 Å². The fourth-order valence-electron chi connectivity index (χ4n) is 1.69. The van der Waals surface area contributed by atoms with Crippen molar-refractivity contribution in [3.05, 3.63) is 30.2 Å². The minimum atomic E-state index is 0.593. The molecule has 4 nitrogen and oxygen atoms in total. The molecule has 1 aromatic heterocycles. The smallest absolute Gasteiger partial charge is 0.247 e. The van der Waals surface area contributed by atoms with Crippen molar-refractivity contribution in [1.29, 1.82) is 0 Å². The van der Waals surface area contributed by atoms with E-state index in [0.29, 0.717) is 24.4 Å². The van der Waals surface area contributed by atoms with Crippen molar-refractivity contribution in [2.45, 2.75) is 30.3 Å². The van der Waals surface area contributed by atoms with Gasteiger partial charge in [-0.2, -0.15) is 0 Å². The monoisotopic (exact) mass is 261 g/mol. The van der Waals surface area contributed by atoms with Crippen molar-refractivity contribution in [1.82, 2.24) is 15.5 Å². The first-order valence-corrected chi connectivity index (χ1v) is 7.28. The van der Waals surface area contributed by atoms with E-state index in [-0.39, 0.29) is 0 Å². The van der Waals surface area contributed by atoms with Gasteiger partial charge in [0.15, 0.2) is 0 Å². The Morgan fingerprint density at radius 1 is 1.28 bits per heavy atom. The van der Waals surface area contributed by atoms with Crippen LogP contribution in [0.15, 0.2) is 33.6 Å². The normalized spacial score (nSPS) is 14.9. The summed E-state index contributed by atoms with van der Waals surface area (Å²) in [4.78, 5) is 1.23. The maximum Gasteiger partial charge on any atom is 0.247 e. The molecule has 1 aliphatic carbocycles. The second-order valence-electron chi connectivity index (χ2n) is 4.38. The Morgan fingerprint density at radius 2 is 2.06 bits per heavy atom. The van der Waals surface area contributed by atoms with E-state index >= 15 is 0 Å². The number of hydrogen-bond acceptors (Lipinski definition) is 5. The molecule has 2 aromatic rings. The van der Waals surface area contributed by atoms with Crippen LogP contribution in [0.3, 0.4) is 0 Å². The van der Waals surface area contributed by atoms with Gasteiger partial charge in [0.2, 0.25) is 11.8 Å². The SMILES string of the molecule is CSc1ccc(-c2nnc(CNC3CC3)o2)cc1. The maximum atomic E-state index is 5.63. The van der Waals surface area contributed by atoms with E-state index in [1.807, 2.05) is 12.1 Å². The second-order valence-corrected chi connectivity index (χ2v) is 5.26. The average molecular weight is 261 g/mol. The summed E-state index contributed by atoms with van der Waals surface area (Å²) in [5.74, 6) is 1.25. The van der Waals surface area contributed by atoms with Gasteiger partial charge in [0.1, 0.15) is 0 Å². The summed E-state index contributed by atoms with van der Waals surface area (Å²) in [6.45, 7) is 0.667. The molecule has 0 spiro atoms. The van der Waals surface area contributed by atoms with E-state index in [1.54, 1.807) is 11.8 Å². The van der Waals surface area contributed by atoms with Crippen LogP contribution < -0.4 is 5.32 Å². The van der Waals surface area contributed by atoms with Gasteiger partial charge >= 0.3 is 0 Å². The highest BCUT2D eigenvalue weighted by atomic mass is 32.2. The lowest BCUT2D eigenvalue weighted by molar-refractivity contribution is 0.476. The van der Waals surface area contributed by atoms with E-state index < -0.39 is 0 Å². The van der Waals surface area contributed by atoms with Gasteiger partial charge in [-0.3, -0.25) is 0 Å². The van der Waals surface area contributed by atoms with E-state index in [0.717, 1.165) is 5.56 Å². The number of aromatic nitrogens is 2. The van der Waals surface area contributed by atoms with Crippen LogP contribution in [-0.4, -0.2) is 22.5 Å². The first-order valence-electron chi connectivity index (χ1n) is 6.05. The van der Waals surface area contributed by atoms with Gasteiger partial charge in [-0.05, 0) is 43.4 Å². The van der Waals surface area contributed by atoms with E-state index in [1.165, 1.54) is 17.7 Å². The summed E-state index contributed by atoms with van der Waals surface area (Å²) in [6.07, 6.45) is 4.58. The highest BCUT2D eigenvalue weighted by molar-refractivity contribution is 7.98. The van der Waals surface area contributed by atoms with Crippen LogP contribution in [0.1, 0.15) is 18.7 Å². The summed E-state index contributed by atoms with van der Waals surface area (Å²) in [5, 5.41) is 11.5. The highest BCUT2D eigenvalue weighted by Crippen LogP contribution is 2.23. The summed E-state index contributed by atoms with van der Waals surface area (Å²) >= 11 is 1.72. The Morgan fingerprint density at radius 3 is 2.72 bits per heavy atom. The Balaban J connectivity index is 1.70. The Hall–Kier alpha value is -1.33. The molecule has 1 aromatic carbocycles. The Bertz CT molecular complexity index is 519. The molecule has 0 radical (unpaired) electrons. The zero-order valence-electron chi connectivity index (χ0n) is 10.2. The average Bonchev–Trinajstić information content (AvgIpc) is 3.14. The summed E-state index contributed by atoms with van der Waals surface area (Å²) < 4.78 is 5.63. The first kappa shape index (κ1) is 11.7. The largest absolute Gasteiger partial charge is 0.419 e. The van der Waals surface area contributed by atoms with E-state index in [4.69, 9.17) is 4.42 Å². The topological polar surface area (TPSA) is 51.0 Å². The number of nitrogens with zero attached hydrogens (tertiary/aromatic N) is 2. The van der Waals surface area contributed by atoms with Gasteiger partial charge < -0.3 is 9.73 Å². The standard InChI is InChI=1S/C13H15N3OS/c1-18-11-6-2-9(3-7-11)13-16-15-12(17-13)8-14-10-4-5-10/h2-3,6-7,10,14H,4-5,8H2,1H3. The lowest BCUT2D eigenvalue weighted by atomic mass is 10.2. The molecule has 0 aliphatic heterocycles. The minimum absolute atomic E-state index is 0.593. The zero-order valence-corrected chi connectivity index (χ0v) is 11.0. The molecule has 1 saturated carbocycles. The van der Waals surface area contributed by atoms with E-state index in [2.05, 4.69) is 33.9 Å². The number of benzene rings is 1. The number of thioether (sulfide) groups is 1. The Labute approximate surface area is 110 Å². The molecule has 0 amide bonds. The molecule has 94 valence electrons. The van der Waals surface area contributed by atoms with Crippen molar-refractivity contribution < 1.29 is 4.42 Å². The van der Waals surface area contributed by atoms with Gasteiger partial charge in [0, 0.05) is 16.5 Å². The molecule has 18 heavy (non-hydrogen) atoms. The fraction of sp³-hybridized carbons (Fsp3) is 0.385. The van der Waals surface area contributed by atoms with Crippen molar-refractivity contribution in [3.63, 3.8) is 0 Å². The first-order chi connectivity index (χ1) is 8.85. The molecule has 0 bridgehead atoms. The molecule has 5 heteroatoms. The lowest BCUT2D eigenvalue weighted by Crippen LogP contribution is -2.15. The summed E-state index contributed by atoms with van der Waals surface area (Å²) in [7, 11) is 0.